The Morgan fingerprint density at radius 2 is 2.20 bits per heavy atom. The van der Waals surface area contributed by atoms with E-state index in [4.69, 9.17) is 16.3 Å². The number of nitrogens with zero attached hydrogens (tertiary/aromatic N) is 2. The number of rotatable bonds is 6. The van der Waals surface area contributed by atoms with Crippen LogP contribution < -0.4 is 10.1 Å². The Bertz CT molecular complexity index is 576. The van der Waals surface area contributed by atoms with E-state index in [1.54, 1.807) is 12.1 Å². The molecule has 0 bridgehead atoms. The molecule has 0 amide bonds. The van der Waals surface area contributed by atoms with E-state index >= 15 is 0 Å². The number of benzene rings is 1. The van der Waals surface area contributed by atoms with E-state index in [9.17, 15) is 0 Å². The smallest absolute Gasteiger partial charge is 0.299 e. The zero-order chi connectivity index (χ0) is 14.5. The van der Waals surface area contributed by atoms with Crippen molar-refractivity contribution in [1.82, 2.24) is 15.5 Å². The molecule has 0 aliphatic rings. The lowest BCUT2D eigenvalue weighted by atomic mass is 10.2. The molecule has 1 aromatic heterocycles. The van der Waals surface area contributed by atoms with Gasteiger partial charge < -0.3 is 10.1 Å². The summed E-state index contributed by atoms with van der Waals surface area (Å²) in [5.74, 6) is 1.18. The van der Waals surface area contributed by atoms with Crippen LogP contribution in [0.3, 0.4) is 0 Å². The fourth-order valence-corrected chi connectivity index (χ4v) is 2.63. The standard InChI is InChI=1S/C13H15BrClN3OS/c1-8(2)6-16-7-12-17-18-13(20-12)19-11-5-9(14)3-4-10(11)15/h3-5,8,16H,6-7H2,1-2H3. The van der Waals surface area contributed by atoms with Crippen molar-refractivity contribution in [3.05, 3.63) is 32.7 Å². The van der Waals surface area contributed by atoms with E-state index in [0.717, 1.165) is 16.0 Å². The molecule has 0 spiro atoms. The lowest BCUT2D eigenvalue weighted by molar-refractivity contribution is 0.472. The molecule has 7 heteroatoms. The van der Waals surface area contributed by atoms with Crippen molar-refractivity contribution in [2.75, 3.05) is 6.54 Å². The molecule has 108 valence electrons. The van der Waals surface area contributed by atoms with Gasteiger partial charge in [0, 0.05) is 11.0 Å². The topological polar surface area (TPSA) is 47.0 Å². The molecule has 0 saturated carbocycles. The van der Waals surface area contributed by atoms with Crippen LogP contribution in [0.25, 0.3) is 0 Å². The summed E-state index contributed by atoms with van der Waals surface area (Å²) < 4.78 is 6.56. The lowest BCUT2D eigenvalue weighted by Crippen LogP contribution is -2.18. The van der Waals surface area contributed by atoms with Crippen LogP contribution in [0.4, 0.5) is 0 Å². The Kier molecular flexibility index (Phi) is 5.77. The number of aromatic nitrogens is 2. The monoisotopic (exact) mass is 375 g/mol. The highest BCUT2D eigenvalue weighted by molar-refractivity contribution is 9.10. The van der Waals surface area contributed by atoms with Crippen molar-refractivity contribution >= 4 is 38.9 Å². The second-order valence-electron chi connectivity index (χ2n) is 4.66. The second-order valence-corrected chi connectivity index (χ2v) is 7.01. The van der Waals surface area contributed by atoms with E-state index in [-0.39, 0.29) is 0 Å². The SMILES string of the molecule is CC(C)CNCc1nnc(Oc2cc(Br)ccc2Cl)s1. The molecule has 1 aromatic carbocycles. The Labute approximate surface area is 135 Å². The Balaban J connectivity index is 1.97. The third-order valence-corrected chi connectivity index (χ3v) is 3.97. The maximum absolute atomic E-state index is 6.07. The van der Waals surface area contributed by atoms with Crippen LogP contribution in [-0.2, 0) is 6.54 Å². The third-order valence-electron chi connectivity index (χ3n) is 2.37. The Morgan fingerprint density at radius 3 is 2.95 bits per heavy atom. The molecule has 0 fully saturated rings. The van der Waals surface area contributed by atoms with Gasteiger partial charge in [-0.3, -0.25) is 0 Å². The first-order chi connectivity index (χ1) is 9.54. The minimum absolute atomic E-state index is 0.492. The van der Waals surface area contributed by atoms with Crippen molar-refractivity contribution in [2.24, 2.45) is 5.92 Å². The summed E-state index contributed by atoms with van der Waals surface area (Å²) in [5, 5.41) is 13.3. The number of hydrogen-bond donors (Lipinski definition) is 1. The summed E-state index contributed by atoms with van der Waals surface area (Å²) in [6.07, 6.45) is 0. The number of nitrogens with one attached hydrogen (secondary N) is 1. The minimum atomic E-state index is 0.492. The summed E-state index contributed by atoms with van der Waals surface area (Å²) in [5.41, 5.74) is 0. The van der Waals surface area contributed by atoms with Crippen LogP contribution in [0, 0.1) is 5.92 Å². The van der Waals surface area contributed by atoms with Crippen molar-refractivity contribution < 1.29 is 4.74 Å². The van der Waals surface area contributed by atoms with Crippen molar-refractivity contribution in [3.63, 3.8) is 0 Å². The molecule has 0 aliphatic heterocycles. The van der Waals surface area contributed by atoms with E-state index in [1.165, 1.54) is 11.3 Å². The predicted octanol–water partition coefficient (Wildman–Crippen LogP) is 4.49. The van der Waals surface area contributed by atoms with Crippen LogP contribution in [0.1, 0.15) is 18.9 Å². The van der Waals surface area contributed by atoms with Gasteiger partial charge in [0.25, 0.3) is 5.19 Å². The quantitative estimate of drug-likeness (QED) is 0.807. The average molecular weight is 377 g/mol. The van der Waals surface area contributed by atoms with Gasteiger partial charge in [0.15, 0.2) is 0 Å². The van der Waals surface area contributed by atoms with E-state index in [1.807, 2.05) is 6.07 Å². The maximum atomic E-state index is 6.07. The molecule has 1 heterocycles. The first-order valence-electron chi connectivity index (χ1n) is 6.20. The molecule has 0 unspecified atom stereocenters. The molecular formula is C13H15BrClN3OS. The van der Waals surface area contributed by atoms with Crippen LogP contribution >= 0.6 is 38.9 Å². The summed E-state index contributed by atoms with van der Waals surface area (Å²) >= 11 is 10.9. The molecule has 0 aliphatic carbocycles. The average Bonchev–Trinajstić information content (AvgIpc) is 2.81. The maximum Gasteiger partial charge on any atom is 0.299 e. The zero-order valence-corrected chi connectivity index (χ0v) is 14.3. The summed E-state index contributed by atoms with van der Waals surface area (Å²) in [6, 6.07) is 5.43. The van der Waals surface area contributed by atoms with Crippen molar-refractivity contribution in [1.29, 1.82) is 0 Å². The molecule has 20 heavy (non-hydrogen) atoms. The van der Waals surface area contributed by atoms with Crippen LogP contribution in [0.5, 0.6) is 10.9 Å². The number of hydrogen-bond acceptors (Lipinski definition) is 5. The van der Waals surface area contributed by atoms with E-state index in [2.05, 4.69) is 45.3 Å². The van der Waals surface area contributed by atoms with Gasteiger partial charge in [-0.25, -0.2) is 0 Å². The highest BCUT2D eigenvalue weighted by Crippen LogP contribution is 2.33. The molecule has 2 rings (SSSR count). The van der Waals surface area contributed by atoms with Gasteiger partial charge in [-0.15, -0.1) is 5.10 Å². The molecule has 0 atom stereocenters. The normalized spacial score (nSPS) is 11.1. The van der Waals surface area contributed by atoms with E-state index in [0.29, 0.717) is 28.4 Å². The van der Waals surface area contributed by atoms with Crippen LogP contribution in [0.15, 0.2) is 22.7 Å². The predicted molar refractivity (Wildman–Crippen MR) is 85.7 cm³/mol. The Morgan fingerprint density at radius 1 is 1.40 bits per heavy atom. The summed E-state index contributed by atoms with van der Waals surface area (Å²) in [7, 11) is 0. The van der Waals surface area contributed by atoms with Gasteiger partial charge in [0.1, 0.15) is 10.8 Å². The van der Waals surface area contributed by atoms with E-state index < -0.39 is 0 Å². The number of ether oxygens (including phenoxy) is 1. The molecule has 1 N–H and O–H groups in total. The van der Waals surface area contributed by atoms with Crippen molar-refractivity contribution in [3.8, 4) is 10.9 Å². The molecule has 0 radical (unpaired) electrons. The van der Waals surface area contributed by atoms with Gasteiger partial charge in [0.2, 0.25) is 0 Å². The summed E-state index contributed by atoms with van der Waals surface area (Å²) in [4.78, 5) is 0. The zero-order valence-electron chi connectivity index (χ0n) is 11.2. The highest BCUT2D eigenvalue weighted by atomic mass is 79.9. The van der Waals surface area contributed by atoms with Gasteiger partial charge in [0.05, 0.1) is 5.02 Å². The van der Waals surface area contributed by atoms with Crippen molar-refractivity contribution in [2.45, 2.75) is 20.4 Å². The lowest BCUT2D eigenvalue weighted by Gasteiger charge is -2.04. The first-order valence-corrected chi connectivity index (χ1v) is 8.19. The molecular weight excluding hydrogens is 362 g/mol. The third kappa shape index (κ3) is 4.70. The Hall–Kier alpha value is -0.690. The molecule has 4 nitrogen and oxygen atoms in total. The van der Waals surface area contributed by atoms with Gasteiger partial charge in [-0.1, -0.05) is 57.8 Å². The minimum Gasteiger partial charge on any atom is -0.428 e. The fraction of sp³-hybridized carbons (Fsp3) is 0.385. The summed E-state index contributed by atoms with van der Waals surface area (Å²) in [6.45, 7) is 5.98. The van der Waals surface area contributed by atoms with Gasteiger partial charge in [-0.05, 0) is 30.7 Å². The molecule has 0 saturated heterocycles. The molecule has 2 aromatic rings. The van der Waals surface area contributed by atoms with Gasteiger partial charge >= 0.3 is 0 Å². The fourth-order valence-electron chi connectivity index (χ4n) is 1.47. The number of halogens is 2. The largest absolute Gasteiger partial charge is 0.428 e. The second kappa shape index (κ2) is 7.36. The highest BCUT2D eigenvalue weighted by Gasteiger charge is 2.09. The first kappa shape index (κ1) is 15.7. The van der Waals surface area contributed by atoms with Crippen LogP contribution in [-0.4, -0.2) is 16.7 Å². The van der Waals surface area contributed by atoms with Gasteiger partial charge in [-0.2, -0.15) is 0 Å². The van der Waals surface area contributed by atoms with Crippen LogP contribution in [0.2, 0.25) is 5.02 Å².